The average molecular weight is 440 g/mol. The van der Waals surface area contributed by atoms with Crippen molar-refractivity contribution in [1.29, 1.82) is 0 Å². The minimum absolute atomic E-state index is 0.164. The van der Waals surface area contributed by atoms with Gasteiger partial charge in [-0.2, -0.15) is 5.10 Å². The lowest BCUT2D eigenvalue weighted by Crippen LogP contribution is -2.38. The molecule has 2 aromatic rings. The van der Waals surface area contributed by atoms with Gasteiger partial charge in [-0.05, 0) is 68.6 Å². The van der Waals surface area contributed by atoms with Crippen molar-refractivity contribution in [1.82, 2.24) is 14.7 Å². The molecule has 1 aromatic carbocycles. The Kier molecular flexibility index (Phi) is 5.74. The number of aromatic nitrogens is 2. The number of hydrogen-bond donors (Lipinski definition) is 1. The highest BCUT2D eigenvalue weighted by Crippen LogP contribution is 2.43. The van der Waals surface area contributed by atoms with Crippen LogP contribution < -0.4 is 0 Å². The number of fused-ring (bicyclic) bond motifs is 1. The van der Waals surface area contributed by atoms with Crippen LogP contribution in [-0.2, 0) is 29.1 Å². The SMILES string of the molecule is O=C(O)C1CCC(CC(=O)N2CCc3c(C4CC4)nn(Cc4ccc(F)cc4)c3C2)CC1. The molecule has 2 saturated carbocycles. The lowest BCUT2D eigenvalue weighted by Gasteiger charge is -2.31. The summed E-state index contributed by atoms with van der Waals surface area (Å²) in [7, 11) is 0. The summed E-state index contributed by atoms with van der Waals surface area (Å²) in [5.74, 6) is -0.212. The molecule has 2 aliphatic carbocycles. The monoisotopic (exact) mass is 439 g/mol. The first-order valence-corrected chi connectivity index (χ1v) is 11.8. The standard InChI is InChI=1S/C25H30FN3O3/c26-20-9-3-17(4-10-20)14-29-22-15-28(12-11-21(22)24(27-29)18-7-8-18)23(30)13-16-1-5-19(6-2-16)25(31)32/h3-4,9-10,16,18-19H,1-2,5-8,11-15H2,(H,31,32). The molecule has 0 radical (unpaired) electrons. The van der Waals surface area contributed by atoms with Crippen molar-refractivity contribution in [2.24, 2.45) is 11.8 Å². The van der Waals surface area contributed by atoms with E-state index >= 15 is 0 Å². The molecular formula is C25H30FN3O3. The van der Waals surface area contributed by atoms with Crippen LogP contribution in [0.4, 0.5) is 4.39 Å². The molecule has 1 N–H and O–H groups in total. The number of carbonyl (C=O) groups is 2. The Balaban J connectivity index is 1.28. The number of amides is 1. The zero-order chi connectivity index (χ0) is 22.2. The molecule has 7 heteroatoms. The van der Waals surface area contributed by atoms with E-state index in [1.807, 2.05) is 9.58 Å². The normalized spacial score (nSPS) is 23.1. The second kappa shape index (κ2) is 8.68. The van der Waals surface area contributed by atoms with Crippen molar-refractivity contribution in [2.45, 2.75) is 70.4 Å². The summed E-state index contributed by atoms with van der Waals surface area (Å²) in [5.41, 5.74) is 4.62. The van der Waals surface area contributed by atoms with E-state index < -0.39 is 5.97 Å². The highest BCUT2D eigenvalue weighted by molar-refractivity contribution is 5.77. The predicted octanol–water partition coefficient (Wildman–Crippen LogP) is 4.11. The van der Waals surface area contributed by atoms with E-state index in [4.69, 9.17) is 5.10 Å². The van der Waals surface area contributed by atoms with Crippen molar-refractivity contribution in [3.05, 3.63) is 52.6 Å². The highest BCUT2D eigenvalue weighted by atomic mass is 19.1. The Morgan fingerprint density at radius 3 is 2.44 bits per heavy atom. The fourth-order valence-electron chi connectivity index (χ4n) is 5.29. The van der Waals surface area contributed by atoms with E-state index in [1.165, 1.54) is 36.2 Å². The number of carboxylic acid groups (broad SMARTS) is 1. The number of carboxylic acids is 1. The quantitative estimate of drug-likeness (QED) is 0.735. The van der Waals surface area contributed by atoms with Crippen LogP contribution >= 0.6 is 0 Å². The van der Waals surface area contributed by atoms with Crippen LogP contribution in [0.3, 0.4) is 0 Å². The van der Waals surface area contributed by atoms with E-state index in [-0.39, 0.29) is 23.6 Å². The third-order valence-corrected chi connectivity index (χ3v) is 7.39. The van der Waals surface area contributed by atoms with Gasteiger partial charge in [-0.1, -0.05) is 12.1 Å². The zero-order valence-electron chi connectivity index (χ0n) is 18.3. The molecule has 1 aromatic heterocycles. The minimum Gasteiger partial charge on any atom is -0.481 e. The van der Waals surface area contributed by atoms with E-state index in [0.29, 0.717) is 38.3 Å². The van der Waals surface area contributed by atoms with Crippen LogP contribution in [0.2, 0.25) is 0 Å². The molecule has 2 fully saturated rings. The van der Waals surface area contributed by atoms with Gasteiger partial charge >= 0.3 is 5.97 Å². The fraction of sp³-hybridized carbons (Fsp3) is 0.560. The maximum atomic E-state index is 13.3. The number of benzene rings is 1. The van der Waals surface area contributed by atoms with E-state index in [9.17, 15) is 19.1 Å². The zero-order valence-corrected chi connectivity index (χ0v) is 18.3. The van der Waals surface area contributed by atoms with Crippen molar-refractivity contribution in [2.75, 3.05) is 6.54 Å². The third kappa shape index (κ3) is 4.43. The molecule has 32 heavy (non-hydrogen) atoms. The van der Waals surface area contributed by atoms with E-state index in [0.717, 1.165) is 37.1 Å². The summed E-state index contributed by atoms with van der Waals surface area (Å²) in [5, 5.41) is 14.1. The van der Waals surface area contributed by atoms with Crippen LogP contribution in [0, 0.1) is 17.7 Å². The molecule has 1 aliphatic heterocycles. The second-order valence-electron chi connectivity index (χ2n) is 9.69. The Bertz CT molecular complexity index is 1000. The average Bonchev–Trinajstić information content (AvgIpc) is 3.58. The van der Waals surface area contributed by atoms with E-state index in [1.54, 1.807) is 12.1 Å². The van der Waals surface area contributed by atoms with Crippen LogP contribution in [-0.4, -0.2) is 38.2 Å². The molecule has 6 nitrogen and oxygen atoms in total. The topological polar surface area (TPSA) is 75.4 Å². The number of nitrogens with zero attached hydrogens (tertiary/aromatic N) is 3. The summed E-state index contributed by atoms with van der Waals surface area (Å²) in [6.45, 7) is 1.87. The lowest BCUT2D eigenvalue weighted by atomic mass is 9.80. The molecular weight excluding hydrogens is 409 g/mol. The van der Waals surface area contributed by atoms with Gasteiger partial charge in [-0.3, -0.25) is 14.3 Å². The number of carbonyl (C=O) groups excluding carboxylic acids is 1. The van der Waals surface area contributed by atoms with Gasteiger partial charge in [0, 0.05) is 24.4 Å². The van der Waals surface area contributed by atoms with Gasteiger partial charge in [0.05, 0.1) is 30.4 Å². The molecule has 1 amide bonds. The van der Waals surface area contributed by atoms with Crippen molar-refractivity contribution in [3.8, 4) is 0 Å². The van der Waals surface area contributed by atoms with Gasteiger partial charge in [0.1, 0.15) is 5.82 Å². The Labute approximate surface area is 187 Å². The number of rotatable bonds is 6. The lowest BCUT2D eigenvalue weighted by molar-refractivity contribution is -0.143. The van der Waals surface area contributed by atoms with Gasteiger partial charge in [0.2, 0.25) is 5.91 Å². The van der Waals surface area contributed by atoms with Crippen molar-refractivity contribution < 1.29 is 19.1 Å². The van der Waals surface area contributed by atoms with E-state index in [2.05, 4.69) is 0 Å². The molecule has 0 unspecified atom stereocenters. The summed E-state index contributed by atoms with van der Waals surface area (Å²) < 4.78 is 15.3. The number of halogens is 1. The second-order valence-corrected chi connectivity index (χ2v) is 9.69. The molecule has 2 heterocycles. The summed E-state index contributed by atoms with van der Waals surface area (Å²) in [6, 6.07) is 6.53. The number of hydrogen-bond acceptors (Lipinski definition) is 3. The van der Waals surface area contributed by atoms with Gasteiger partial charge in [0.25, 0.3) is 0 Å². The fourth-order valence-corrected chi connectivity index (χ4v) is 5.29. The van der Waals surface area contributed by atoms with Crippen LogP contribution in [0.25, 0.3) is 0 Å². The van der Waals surface area contributed by atoms with Crippen LogP contribution in [0.1, 0.15) is 73.4 Å². The predicted molar refractivity (Wildman–Crippen MR) is 117 cm³/mol. The first kappa shape index (κ1) is 21.2. The molecule has 170 valence electrons. The summed E-state index contributed by atoms with van der Waals surface area (Å²) in [4.78, 5) is 26.2. The molecule has 0 spiro atoms. The maximum Gasteiger partial charge on any atom is 0.306 e. The largest absolute Gasteiger partial charge is 0.481 e. The Morgan fingerprint density at radius 2 is 1.78 bits per heavy atom. The van der Waals surface area contributed by atoms with Crippen molar-refractivity contribution >= 4 is 11.9 Å². The first-order chi connectivity index (χ1) is 15.5. The van der Waals surface area contributed by atoms with Crippen LogP contribution in [0.15, 0.2) is 24.3 Å². The van der Waals surface area contributed by atoms with Crippen LogP contribution in [0.5, 0.6) is 0 Å². The smallest absolute Gasteiger partial charge is 0.306 e. The van der Waals surface area contributed by atoms with Gasteiger partial charge in [-0.15, -0.1) is 0 Å². The van der Waals surface area contributed by atoms with Gasteiger partial charge in [-0.25, -0.2) is 4.39 Å². The van der Waals surface area contributed by atoms with Crippen molar-refractivity contribution in [3.63, 3.8) is 0 Å². The Hall–Kier alpha value is -2.70. The molecule has 0 bridgehead atoms. The minimum atomic E-state index is -0.709. The first-order valence-electron chi connectivity index (χ1n) is 11.8. The van der Waals surface area contributed by atoms with Gasteiger partial charge in [0.15, 0.2) is 0 Å². The maximum absolute atomic E-state index is 13.3. The van der Waals surface area contributed by atoms with Gasteiger partial charge < -0.3 is 10.0 Å². The number of aliphatic carboxylic acids is 1. The molecule has 5 rings (SSSR count). The highest BCUT2D eigenvalue weighted by Gasteiger charge is 2.35. The molecule has 0 atom stereocenters. The molecule has 3 aliphatic rings. The third-order valence-electron chi connectivity index (χ3n) is 7.39. The Morgan fingerprint density at radius 1 is 1.06 bits per heavy atom. The summed E-state index contributed by atoms with van der Waals surface area (Å²) >= 11 is 0. The molecule has 0 saturated heterocycles. The summed E-state index contributed by atoms with van der Waals surface area (Å²) in [6.07, 6.45) is 6.68.